The van der Waals surface area contributed by atoms with Gasteiger partial charge in [-0.2, -0.15) is 0 Å². The van der Waals surface area contributed by atoms with Gasteiger partial charge in [0, 0.05) is 9.85 Å². The lowest BCUT2D eigenvalue weighted by Crippen LogP contribution is -1.95. The van der Waals surface area contributed by atoms with Gasteiger partial charge < -0.3 is 4.74 Å². The van der Waals surface area contributed by atoms with Crippen molar-refractivity contribution in [2.24, 2.45) is 0 Å². The Morgan fingerprint density at radius 2 is 2.07 bits per heavy atom. The normalized spacial score (nSPS) is 10.3. The molecule has 0 spiro atoms. The highest BCUT2D eigenvalue weighted by molar-refractivity contribution is 9.10. The first-order valence-electron chi connectivity index (χ1n) is 4.53. The van der Waals surface area contributed by atoms with Crippen LogP contribution in [-0.4, -0.2) is 4.98 Å². The minimum atomic E-state index is 0.534. The van der Waals surface area contributed by atoms with Crippen LogP contribution in [0.1, 0.15) is 10.7 Å². The van der Waals surface area contributed by atoms with Crippen LogP contribution in [0.25, 0.3) is 0 Å². The first-order valence-corrected chi connectivity index (χ1v) is 6.21. The third-order valence-electron chi connectivity index (χ3n) is 1.87. The van der Waals surface area contributed by atoms with Gasteiger partial charge in [-0.15, -0.1) is 11.3 Å². The van der Waals surface area contributed by atoms with Gasteiger partial charge in [0.1, 0.15) is 12.4 Å². The molecule has 1 aromatic heterocycles. The van der Waals surface area contributed by atoms with Crippen LogP contribution in [0.3, 0.4) is 0 Å². The molecule has 78 valence electrons. The van der Waals surface area contributed by atoms with Gasteiger partial charge in [0.05, 0.1) is 10.7 Å². The molecule has 0 radical (unpaired) electrons. The quantitative estimate of drug-likeness (QED) is 0.855. The average Bonchev–Trinajstić information content (AvgIpc) is 2.64. The van der Waals surface area contributed by atoms with Gasteiger partial charge in [0.15, 0.2) is 0 Å². The number of nitrogens with zero attached hydrogens (tertiary/aromatic N) is 1. The van der Waals surface area contributed by atoms with Gasteiger partial charge in [0.2, 0.25) is 0 Å². The molecule has 0 fully saturated rings. The van der Waals surface area contributed by atoms with Gasteiger partial charge in [-0.05, 0) is 31.2 Å². The molecule has 2 nitrogen and oxygen atoms in total. The number of aromatic nitrogens is 1. The van der Waals surface area contributed by atoms with E-state index in [0.29, 0.717) is 6.61 Å². The van der Waals surface area contributed by atoms with E-state index in [9.17, 15) is 0 Å². The summed E-state index contributed by atoms with van der Waals surface area (Å²) in [5.74, 6) is 0.865. The molecular formula is C11H10BrNOS. The molecule has 0 bridgehead atoms. The Hall–Kier alpha value is -0.870. The van der Waals surface area contributed by atoms with Crippen LogP contribution in [0.4, 0.5) is 0 Å². The molecule has 0 aliphatic heterocycles. The maximum atomic E-state index is 5.58. The molecule has 4 heteroatoms. The summed E-state index contributed by atoms with van der Waals surface area (Å²) in [6.07, 6.45) is 0. The van der Waals surface area contributed by atoms with Crippen LogP contribution in [-0.2, 0) is 6.61 Å². The van der Waals surface area contributed by atoms with Crippen molar-refractivity contribution in [2.75, 3.05) is 0 Å². The fourth-order valence-corrected chi connectivity index (χ4v) is 2.02. The lowest BCUT2D eigenvalue weighted by atomic mass is 10.3. The van der Waals surface area contributed by atoms with Gasteiger partial charge in [0.25, 0.3) is 0 Å². The standard InChI is InChI=1S/C11H10BrNOS/c1-8-13-10(7-15-8)6-14-11-4-2-9(12)3-5-11/h2-5,7H,6H2,1H3. The highest BCUT2D eigenvalue weighted by atomic mass is 79.9. The van der Waals surface area contributed by atoms with Crippen LogP contribution >= 0.6 is 27.3 Å². The minimum Gasteiger partial charge on any atom is -0.487 e. The van der Waals surface area contributed by atoms with E-state index in [1.165, 1.54) is 0 Å². The van der Waals surface area contributed by atoms with E-state index in [1.807, 2.05) is 36.6 Å². The third-order valence-corrected chi connectivity index (χ3v) is 3.22. The first kappa shape index (κ1) is 10.6. The Morgan fingerprint density at radius 3 is 2.67 bits per heavy atom. The second-order valence-corrected chi connectivity index (χ2v) is 5.08. The summed E-state index contributed by atoms with van der Waals surface area (Å²) in [7, 11) is 0. The van der Waals surface area contributed by atoms with Crippen molar-refractivity contribution < 1.29 is 4.74 Å². The molecule has 15 heavy (non-hydrogen) atoms. The number of aryl methyl sites for hydroxylation is 1. The van der Waals surface area contributed by atoms with E-state index in [4.69, 9.17) is 4.74 Å². The van der Waals surface area contributed by atoms with Crippen LogP contribution in [0.2, 0.25) is 0 Å². The summed E-state index contributed by atoms with van der Waals surface area (Å²) in [5, 5.41) is 3.10. The molecule has 0 saturated heterocycles. The minimum absolute atomic E-state index is 0.534. The zero-order valence-electron chi connectivity index (χ0n) is 8.24. The van der Waals surface area contributed by atoms with E-state index >= 15 is 0 Å². The summed E-state index contributed by atoms with van der Waals surface area (Å²) in [4.78, 5) is 4.33. The largest absolute Gasteiger partial charge is 0.487 e. The topological polar surface area (TPSA) is 22.1 Å². The summed E-state index contributed by atoms with van der Waals surface area (Å²) < 4.78 is 6.64. The van der Waals surface area contributed by atoms with Gasteiger partial charge in [-0.25, -0.2) is 4.98 Å². The van der Waals surface area contributed by atoms with Crippen molar-refractivity contribution >= 4 is 27.3 Å². The molecule has 0 aliphatic carbocycles. The molecule has 2 rings (SSSR count). The molecule has 1 heterocycles. The highest BCUT2D eigenvalue weighted by Crippen LogP contribution is 2.17. The molecule has 0 saturated carbocycles. The lowest BCUT2D eigenvalue weighted by molar-refractivity contribution is 0.302. The smallest absolute Gasteiger partial charge is 0.131 e. The Morgan fingerprint density at radius 1 is 1.33 bits per heavy atom. The van der Waals surface area contributed by atoms with E-state index < -0.39 is 0 Å². The zero-order valence-corrected chi connectivity index (χ0v) is 10.6. The fraction of sp³-hybridized carbons (Fsp3) is 0.182. The number of rotatable bonds is 3. The second kappa shape index (κ2) is 4.77. The number of benzene rings is 1. The number of thiazole rings is 1. The Bertz CT molecular complexity index is 438. The Balaban J connectivity index is 1.96. The van der Waals surface area contributed by atoms with E-state index in [2.05, 4.69) is 20.9 Å². The number of halogens is 1. The van der Waals surface area contributed by atoms with Gasteiger partial charge in [-0.1, -0.05) is 15.9 Å². The number of hydrogen-bond donors (Lipinski definition) is 0. The predicted molar refractivity (Wildman–Crippen MR) is 65.3 cm³/mol. The van der Waals surface area contributed by atoms with Gasteiger partial charge in [-0.3, -0.25) is 0 Å². The first-order chi connectivity index (χ1) is 7.24. The Labute approximate surface area is 101 Å². The van der Waals surface area contributed by atoms with Crippen LogP contribution < -0.4 is 4.74 Å². The summed E-state index contributed by atoms with van der Waals surface area (Å²) in [6.45, 7) is 2.53. The number of ether oxygens (including phenoxy) is 1. The highest BCUT2D eigenvalue weighted by Gasteiger charge is 1.99. The van der Waals surface area contributed by atoms with Gasteiger partial charge >= 0.3 is 0 Å². The van der Waals surface area contributed by atoms with Crippen LogP contribution in [0.15, 0.2) is 34.1 Å². The lowest BCUT2D eigenvalue weighted by Gasteiger charge is -2.03. The van der Waals surface area contributed by atoms with Crippen molar-refractivity contribution in [3.05, 3.63) is 44.8 Å². The van der Waals surface area contributed by atoms with Crippen LogP contribution in [0, 0.1) is 6.92 Å². The van der Waals surface area contributed by atoms with E-state index in [1.54, 1.807) is 11.3 Å². The molecule has 1 aromatic carbocycles. The second-order valence-electron chi connectivity index (χ2n) is 3.10. The van der Waals surface area contributed by atoms with Crippen LogP contribution in [0.5, 0.6) is 5.75 Å². The third kappa shape index (κ3) is 3.04. The molecule has 0 aliphatic rings. The average molecular weight is 284 g/mol. The number of hydrogen-bond acceptors (Lipinski definition) is 3. The molecule has 0 atom stereocenters. The summed E-state index contributed by atoms with van der Waals surface area (Å²) in [5.41, 5.74) is 0.986. The molecule has 0 N–H and O–H groups in total. The summed E-state index contributed by atoms with van der Waals surface area (Å²) >= 11 is 5.02. The van der Waals surface area contributed by atoms with E-state index in [0.717, 1.165) is 20.9 Å². The predicted octanol–water partition coefficient (Wildman–Crippen LogP) is 3.79. The maximum absolute atomic E-state index is 5.58. The fourth-order valence-electron chi connectivity index (χ4n) is 1.16. The molecular weight excluding hydrogens is 274 g/mol. The van der Waals surface area contributed by atoms with Crippen molar-refractivity contribution in [2.45, 2.75) is 13.5 Å². The van der Waals surface area contributed by atoms with Crippen molar-refractivity contribution in [3.63, 3.8) is 0 Å². The zero-order chi connectivity index (χ0) is 10.7. The van der Waals surface area contributed by atoms with Crippen molar-refractivity contribution in [1.82, 2.24) is 4.98 Å². The SMILES string of the molecule is Cc1nc(COc2ccc(Br)cc2)cs1. The molecule has 0 amide bonds. The Kier molecular flexibility index (Phi) is 3.38. The molecule has 0 unspecified atom stereocenters. The monoisotopic (exact) mass is 283 g/mol. The molecule has 2 aromatic rings. The summed E-state index contributed by atoms with van der Waals surface area (Å²) in [6, 6.07) is 7.79. The van der Waals surface area contributed by atoms with Crippen molar-refractivity contribution in [3.8, 4) is 5.75 Å². The van der Waals surface area contributed by atoms with E-state index in [-0.39, 0.29) is 0 Å². The maximum Gasteiger partial charge on any atom is 0.131 e. The van der Waals surface area contributed by atoms with Crippen molar-refractivity contribution in [1.29, 1.82) is 0 Å².